The zero-order chi connectivity index (χ0) is 13.1. The van der Waals surface area contributed by atoms with Gasteiger partial charge in [0.1, 0.15) is 0 Å². The largest absolute Gasteiger partial charge is 0.398 e. The van der Waals surface area contributed by atoms with E-state index >= 15 is 0 Å². The number of thiophene rings is 1. The lowest BCUT2D eigenvalue weighted by atomic mass is 10.0. The van der Waals surface area contributed by atoms with Crippen LogP contribution < -0.4 is 11.1 Å². The van der Waals surface area contributed by atoms with Crippen molar-refractivity contribution in [1.82, 2.24) is 5.32 Å². The molecular weight excluding hydrogens is 244 g/mol. The summed E-state index contributed by atoms with van der Waals surface area (Å²) >= 11 is 1.62. The lowest BCUT2D eigenvalue weighted by molar-refractivity contribution is 0.0950. The van der Waals surface area contributed by atoms with Gasteiger partial charge in [-0.1, -0.05) is 6.07 Å². The van der Waals surface area contributed by atoms with Crippen molar-refractivity contribution in [3.63, 3.8) is 0 Å². The number of nitrogens with two attached hydrogens (primary N) is 1. The molecule has 0 aliphatic heterocycles. The summed E-state index contributed by atoms with van der Waals surface area (Å²) in [6, 6.07) is 5.68. The normalized spacial score (nSPS) is 10.3. The van der Waals surface area contributed by atoms with Crippen molar-refractivity contribution in [3.05, 3.63) is 51.2 Å². The van der Waals surface area contributed by atoms with Crippen molar-refractivity contribution in [1.29, 1.82) is 0 Å². The minimum atomic E-state index is -0.0783. The maximum atomic E-state index is 12.1. The number of carbonyl (C=O) groups is 1. The molecule has 1 aromatic heterocycles. The number of nitrogen functional groups attached to an aromatic ring is 1. The van der Waals surface area contributed by atoms with E-state index in [0.717, 1.165) is 16.7 Å². The van der Waals surface area contributed by atoms with Crippen LogP contribution in [0.1, 0.15) is 27.0 Å². The van der Waals surface area contributed by atoms with Crippen LogP contribution in [0.3, 0.4) is 0 Å². The molecule has 4 heteroatoms. The highest BCUT2D eigenvalue weighted by Gasteiger charge is 2.10. The van der Waals surface area contributed by atoms with Gasteiger partial charge >= 0.3 is 0 Å². The second-order valence-corrected chi connectivity index (χ2v) is 5.12. The van der Waals surface area contributed by atoms with E-state index in [4.69, 9.17) is 5.73 Å². The van der Waals surface area contributed by atoms with E-state index in [2.05, 4.69) is 5.32 Å². The van der Waals surface area contributed by atoms with E-state index in [0.29, 0.717) is 17.8 Å². The summed E-state index contributed by atoms with van der Waals surface area (Å²) in [7, 11) is 0. The molecule has 0 unspecified atom stereocenters. The Balaban J connectivity index is 2.11. The summed E-state index contributed by atoms with van der Waals surface area (Å²) in [5.74, 6) is -0.0783. The molecule has 3 N–H and O–H groups in total. The quantitative estimate of drug-likeness (QED) is 0.834. The van der Waals surface area contributed by atoms with Crippen LogP contribution in [0.15, 0.2) is 29.0 Å². The number of benzene rings is 1. The molecular formula is C14H16N2OS. The van der Waals surface area contributed by atoms with Crippen molar-refractivity contribution in [2.45, 2.75) is 20.4 Å². The molecule has 2 aromatic rings. The Morgan fingerprint density at radius 1 is 1.33 bits per heavy atom. The zero-order valence-corrected chi connectivity index (χ0v) is 11.3. The molecule has 0 saturated carbocycles. The number of nitrogens with one attached hydrogen (secondary N) is 1. The number of hydrogen-bond donors (Lipinski definition) is 2. The number of hydrogen-bond acceptors (Lipinski definition) is 3. The molecule has 0 bridgehead atoms. The summed E-state index contributed by atoms with van der Waals surface area (Å²) in [4.78, 5) is 12.1. The minimum Gasteiger partial charge on any atom is -0.398 e. The van der Waals surface area contributed by atoms with Gasteiger partial charge in [0.15, 0.2) is 0 Å². The van der Waals surface area contributed by atoms with E-state index in [1.165, 1.54) is 0 Å². The summed E-state index contributed by atoms with van der Waals surface area (Å²) in [5.41, 5.74) is 10.2. The SMILES string of the molecule is Cc1cc(C)c(C(=O)NCc2ccsc2)cc1N. The Morgan fingerprint density at radius 2 is 2.11 bits per heavy atom. The Labute approximate surface area is 111 Å². The number of amides is 1. The van der Waals surface area contributed by atoms with E-state index in [9.17, 15) is 4.79 Å². The standard InChI is InChI=1S/C14H16N2OS/c1-9-5-10(2)13(15)6-12(9)14(17)16-7-11-3-4-18-8-11/h3-6,8H,7,15H2,1-2H3,(H,16,17). The Hall–Kier alpha value is -1.81. The van der Waals surface area contributed by atoms with Crippen molar-refractivity contribution in [2.75, 3.05) is 5.73 Å². The average molecular weight is 260 g/mol. The van der Waals surface area contributed by atoms with Crippen LogP contribution in [0, 0.1) is 13.8 Å². The fraction of sp³-hybridized carbons (Fsp3) is 0.214. The van der Waals surface area contributed by atoms with Crippen molar-refractivity contribution < 1.29 is 4.79 Å². The van der Waals surface area contributed by atoms with Gasteiger partial charge in [-0.15, -0.1) is 0 Å². The van der Waals surface area contributed by atoms with Crippen LogP contribution in [-0.4, -0.2) is 5.91 Å². The summed E-state index contributed by atoms with van der Waals surface area (Å²) in [6.45, 7) is 4.41. The Kier molecular flexibility index (Phi) is 3.67. The number of rotatable bonds is 3. The molecule has 0 saturated heterocycles. The van der Waals surface area contributed by atoms with Gasteiger partial charge in [-0.3, -0.25) is 4.79 Å². The van der Waals surface area contributed by atoms with Gasteiger partial charge in [-0.2, -0.15) is 11.3 Å². The molecule has 1 amide bonds. The molecule has 2 rings (SSSR count). The fourth-order valence-electron chi connectivity index (χ4n) is 1.78. The van der Waals surface area contributed by atoms with E-state index in [1.54, 1.807) is 17.4 Å². The first-order chi connectivity index (χ1) is 8.58. The molecule has 0 atom stereocenters. The van der Waals surface area contributed by atoms with Gasteiger partial charge in [0, 0.05) is 17.8 Å². The van der Waals surface area contributed by atoms with Crippen LogP contribution in [0.5, 0.6) is 0 Å². The van der Waals surface area contributed by atoms with Gasteiger partial charge in [0.2, 0.25) is 0 Å². The third kappa shape index (κ3) is 2.71. The van der Waals surface area contributed by atoms with E-state index in [1.807, 2.05) is 36.7 Å². The van der Waals surface area contributed by atoms with E-state index < -0.39 is 0 Å². The van der Waals surface area contributed by atoms with Crippen LogP contribution in [0.2, 0.25) is 0 Å². The van der Waals surface area contributed by atoms with Gasteiger partial charge < -0.3 is 11.1 Å². The topological polar surface area (TPSA) is 55.1 Å². The highest BCUT2D eigenvalue weighted by Crippen LogP contribution is 2.18. The van der Waals surface area contributed by atoms with Crippen LogP contribution in [-0.2, 0) is 6.54 Å². The molecule has 94 valence electrons. The second-order valence-electron chi connectivity index (χ2n) is 4.34. The first-order valence-corrected chi connectivity index (χ1v) is 6.68. The van der Waals surface area contributed by atoms with Crippen molar-refractivity contribution in [3.8, 4) is 0 Å². The highest BCUT2D eigenvalue weighted by molar-refractivity contribution is 7.07. The second kappa shape index (κ2) is 5.23. The number of anilines is 1. The van der Waals surface area contributed by atoms with Crippen LogP contribution >= 0.6 is 11.3 Å². The molecule has 0 spiro atoms. The molecule has 0 fully saturated rings. The maximum absolute atomic E-state index is 12.1. The Morgan fingerprint density at radius 3 is 2.78 bits per heavy atom. The third-order valence-electron chi connectivity index (χ3n) is 2.89. The first-order valence-electron chi connectivity index (χ1n) is 5.74. The molecule has 0 radical (unpaired) electrons. The number of carbonyl (C=O) groups excluding carboxylic acids is 1. The summed E-state index contributed by atoms with van der Waals surface area (Å²) in [5, 5.41) is 6.92. The number of aryl methyl sites for hydroxylation is 2. The molecule has 18 heavy (non-hydrogen) atoms. The van der Waals surface area contributed by atoms with Crippen molar-refractivity contribution >= 4 is 22.9 Å². The predicted octanol–water partition coefficient (Wildman–Crippen LogP) is 2.88. The van der Waals surface area contributed by atoms with Gasteiger partial charge in [-0.05, 0) is 53.4 Å². The van der Waals surface area contributed by atoms with Gasteiger partial charge in [0.05, 0.1) is 0 Å². The van der Waals surface area contributed by atoms with Crippen LogP contribution in [0.25, 0.3) is 0 Å². The molecule has 1 aromatic carbocycles. The average Bonchev–Trinajstić information content (AvgIpc) is 2.84. The van der Waals surface area contributed by atoms with E-state index in [-0.39, 0.29) is 5.91 Å². The molecule has 1 heterocycles. The zero-order valence-electron chi connectivity index (χ0n) is 10.5. The first kappa shape index (κ1) is 12.6. The molecule has 0 aliphatic carbocycles. The molecule has 3 nitrogen and oxygen atoms in total. The summed E-state index contributed by atoms with van der Waals surface area (Å²) < 4.78 is 0. The molecule has 0 aliphatic rings. The third-order valence-corrected chi connectivity index (χ3v) is 3.62. The maximum Gasteiger partial charge on any atom is 0.251 e. The Bertz CT molecular complexity index is 561. The predicted molar refractivity (Wildman–Crippen MR) is 75.8 cm³/mol. The summed E-state index contributed by atoms with van der Waals surface area (Å²) in [6.07, 6.45) is 0. The highest BCUT2D eigenvalue weighted by atomic mass is 32.1. The van der Waals surface area contributed by atoms with Crippen LogP contribution in [0.4, 0.5) is 5.69 Å². The van der Waals surface area contributed by atoms with Gasteiger partial charge in [0.25, 0.3) is 5.91 Å². The fourth-order valence-corrected chi connectivity index (χ4v) is 2.45. The smallest absolute Gasteiger partial charge is 0.251 e. The lowest BCUT2D eigenvalue weighted by Crippen LogP contribution is -2.23. The van der Waals surface area contributed by atoms with Gasteiger partial charge in [-0.25, -0.2) is 0 Å². The monoisotopic (exact) mass is 260 g/mol. The van der Waals surface area contributed by atoms with Crippen molar-refractivity contribution in [2.24, 2.45) is 0 Å². The minimum absolute atomic E-state index is 0.0783. The lowest BCUT2D eigenvalue weighted by Gasteiger charge is -2.09.